The monoisotopic (exact) mass is 230 g/mol. The van der Waals surface area contributed by atoms with Gasteiger partial charge in [-0.15, -0.1) is 0 Å². The number of hydrogen-bond acceptors (Lipinski definition) is 4. The molecule has 0 aromatic carbocycles. The molecule has 2 N–H and O–H groups in total. The molecule has 1 aliphatic heterocycles. The maximum atomic E-state index is 12.3. The molecule has 0 bridgehead atoms. The first-order valence-corrected chi connectivity index (χ1v) is 4.56. The second-order valence-corrected chi connectivity index (χ2v) is 3.28. The molecule has 90 valence electrons. The lowest BCUT2D eigenvalue weighted by Gasteiger charge is -2.37. The van der Waals surface area contributed by atoms with Crippen molar-refractivity contribution in [3.05, 3.63) is 0 Å². The Hall–Kier alpha value is -0.370. The molecule has 4 nitrogen and oxygen atoms in total. The van der Waals surface area contributed by atoms with Crippen LogP contribution in [0.2, 0.25) is 0 Å². The van der Waals surface area contributed by atoms with Gasteiger partial charge in [-0.2, -0.15) is 13.2 Å². The van der Waals surface area contributed by atoms with Crippen molar-refractivity contribution < 1.29 is 32.9 Å². The Morgan fingerprint density at radius 3 is 2.47 bits per heavy atom. The van der Waals surface area contributed by atoms with E-state index in [9.17, 15) is 18.3 Å². The van der Waals surface area contributed by atoms with Crippen molar-refractivity contribution >= 4 is 0 Å². The number of ether oxygens (including phenoxy) is 2. The largest absolute Gasteiger partial charge is 0.417 e. The van der Waals surface area contributed by atoms with Crippen molar-refractivity contribution in [2.75, 3.05) is 6.61 Å². The average molecular weight is 230 g/mol. The summed E-state index contributed by atoms with van der Waals surface area (Å²) in [6, 6.07) is 0. The summed E-state index contributed by atoms with van der Waals surface area (Å²) in [4.78, 5) is 0. The van der Waals surface area contributed by atoms with Crippen LogP contribution in [0.5, 0.6) is 0 Å². The van der Waals surface area contributed by atoms with Gasteiger partial charge in [-0.05, 0) is 6.92 Å². The zero-order valence-corrected chi connectivity index (χ0v) is 8.07. The molecule has 15 heavy (non-hydrogen) atoms. The van der Waals surface area contributed by atoms with Gasteiger partial charge in [0.1, 0.15) is 6.10 Å². The SMILES string of the molecule is CCO[C@H]1C[C@@H](O)[C@H](O)[C@@H](C(F)(F)F)O1. The van der Waals surface area contributed by atoms with E-state index in [2.05, 4.69) is 4.74 Å². The Labute approximate surface area is 84.6 Å². The van der Waals surface area contributed by atoms with Crippen molar-refractivity contribution in [3.8, 4) is 0 Å². The van der Waals surface area contributed by atoms with Crippen LogP contribution in [0.3, 0.4) is 0 Å². The molecule has 0 aliphatic carbocycles. The number of hydrogen-bond donors (Lipinski definition) is 2. The first kappa shape index (κ1) is 12.7. The van der Waals surface area contributed by atoms with Gasteiger partial charge in [0.25, 0.3) is 0 Å². The molecule has 0 saturated carbocycles. The Morgan fingerprint density at radius 1 is 1.40 bits per heavy atom. The fraction of sp³-hybridized carbons (Fsp3) is 1.00. The number of rotatable bonds is 2. The third-order valence-corrected chi connectivity index (χ3v) is 2.11. The van der Waals surface area contributed by atoms with Crippen molar-refractivity contribution in [1.29, 1.82) is 0 Å². The number of alkyl halides is 3. The van der Waals surface area contributed by atoms with Crippen LogP contribution in [0.15, 0.2) is 0 Å². The Bertz CT molecular complexity index is 209. The van der Waals surface area contributed by atoms with Gasteiger partial charge < -0.3 is 19.7 Å². The maximum absolute atomic E-state index is 12.3. The van der Waals surface area contributed by atoms with E-state index in [1.54, 1.807) is 6.92 Å². The minimum absolute atomic E-state index is 0.165. The highest BCUT2D eigenvalue weighted by atomic mass is 19.4. The van der Waals surface area contributed by atoms with Crippen molar-refractivity contribution in [2.45, 2.75) is 44.1 Å². The van der Waals surface area contributed by atoms with E-state index in [0.29, 0.717) is 0 Å². The zero-order valence-electron chi connectivity index (χ0n) is 8.07. The van der Waals surface area contributed by atoms with Gasteiger partial charge in [0, 0.05) is 13.0 Å². The van der Waals surface area contributed by atoms with Crippen molar-refractivity contribution in [3.63, 3.8) is 0 Å². The summed E-state index contributed by atoms with van der Waals surface area (Å²) in [5.41, 5.74) is 0. The molecule has 0 radical (unpaired) electrons. The molecule has 1 rings (SSSR count). The minimum atomic E-state index is -4.71. The van der Waals surface area contributed by atoms with Crippen LogP contribution in [-0.2, 0) is 9.47 Å². The van der Waals surface area contributed by atoms with E-state index < -0.39 is 30.8 Å². The lowest BCUT2D eigenvalue weighted by atomic mass is 10.0. The summed E-state index contributed by atoms with van der Waals surface area (Å²) in [5, 5.41) is 18.3. The maximum Gasteiger partial charge on any atom is 0.417 e. The standard InChI is InChI=1S/C8H13F3O4/c1-2-14-5-3-4(12)6(13)7(15-5)8(9,10)11/h4-7,12-13H,2-3H2,1H3/t4-,5-,6+,7+/m1/s1. The van der Waals surface area contributed by atoms with Crippen LogP contribution in [0, 0.1) is 0 Å². The van der Waals surface area contributed by atoms with Crippen LogP contribution in [0.1, 0.15) is 13.3 Å². The average Bonchev–Trinajstić information content (AvgIpc) is 2.09. The third-order valence-electron chi connectivity index (χ3n) is 2.11. The first-order valence-electron chi connectivity index (χ1n) is 4.56. The molecule has 0 unspecified atom stereocenters. The number of aliphatic hydroxyl groups is 2. The predicted molar refractivity (Wildman–Crippen MR) is 43.0 cm³/mol. The summed E-state index contributed by atoms with van der Waals surface area (Å²) < 4.78 is 46.3. The second kappa shape index (κ2) is 4.65. The predicted octanol–water partition coefficient (Wildman–Crippen LogP) is 0.422. The Morgan fingerprint density at radius 2 is 2.00 bits per heavy atom. The lowest BCUT2D eigenvalue weighted by molar-refractivity contribution is -0.327. The summed E-state index contributed by atoms with van der Waals surface area (Å²) >= 11 is 0. The van der Waals surface area contributed by atoms with Crippen LogP contribution < -0.4 is 0 Å². The molecule has 4 atom stereocenters. The molecule has 1 saturated heterocycles. The van der Waals surface area contributed by atoms with Crippen LogP contribution in [-0.4, -0.2) is 47.6 Å². The molecule has 0 spiro atoms. The fourth-order valence-electron chi connectivity index (χ4n) is 1.40. The molecule has 0 aromatic heterocycles. The van der Waals surface area contributed by atoms with Crippen LogP contribution in [0.25, 0.3) is 0 Å². The van der Waals surface area contributed by atoms with Gasteiger partial charge in [-0.1, -0.05) is 0 Å². The van der Waals surface area contributed by atoms with E-state index >= 15 is 0 Å². The number of halogens is 3. The van der Waals surface area contributed by atoms with E-state index in [4.69, 9.17) is 9.84 Å². The zero-order chi connectivity index (χ0) is 11.6. The fourth-order valence-corrected chi connectivity index (χ4v) is 1.40. The Balaban J connectivity index is 2.68. The van der Waals surface area contributed by atoms with E-state index in [1.165, 1.54) is 0 Å². The quantitative estimate of drug-likeness (QED) is 0.722. The molecule has 7 heteroatoms. The van der Waals surface area contributed by atoms with E-state index in [1.807, 2.05) is 0 Å². The highest BCUT2D eigenvalue weighted by Crippen LogP contribution is 2.32. The smallest absolute Gasteiger partial charge is 0.390 e. The van der Waals surface area contributed by atoms with Gasteiger partial charge in [-0.25, -0.2) is 0 Å². The van der Waals surface area contributed by atoms with Gasteiger partial charge in [0.05, 0.1) is 6.10 Å². The highest BCUT2D eigenvalue weighted by molar-refractivity contribution is 4.87. The van der Waals surface area contributed by atoms with Crippen LogP contribution in [0.4, 0.5) is 13.2 Å². The van der Waals surface area contributed by atoms with E-state index in [-0.39, 0.29) is 13.0 Å². The second-order valence-electron chi connectivity index (χ2n) is 3.28. The molecule has 1 aliphatic rings. The number of aliphatic hydroxyl groups excluding tert-OH is 2. The Kier molecular flexibility index (Phi) is 3.93. The molecule has 1 fully saturated rings. The van der Waals surface area contributed by atoms with Gasteiger partial charge >= 0.3 is 6.18 Å². The topological polar surface area (TPSA) is 58.9 Å². The molecule has 0 amide bonds. The van der Waals surface area contributed by atoms with Crippen molar-refractivity contribution in [1.82, 2.24) is 0 Å². The third kappa shape index (κ3) is 3.04. The van der Waals surface area contributed by atoms with Gasteiger partial charge in [0.15, 0.2) is 12.4 Å². The minimum Gasteiger partial charge on any atom is -0.390 e. The first-order chi connectivity index (χ1) is 6.86. The van der Waals surface area contributed by atoms with Gasteiger partial charge in [-0.3, -0.25) is 0 Å². The normalized spacial score (nSPS) is 38.0. The molecule has 0 aromatic rings. The summed E-state index contributed by atoms with van der Waals surface area (Å²) in [6.07, 6.45) is -11.8. The summed E-state index contributed by atoms with van der Waals surface area (Å²) in [6.45, 7) is 1.78. The van der Waals surface area contributed by atoms with Crippen molar-refractivity contribution in [2.24, 2.45) is 0 Å². The molecule has 1 heterocycles. The molecular formula is C8H13F3O4. The lowest BCUT2D eigenvalue weighted by Crippen LogP contribution is -2.55. The van der Waals surface area contributed by atoms with Gasteiger partial charge in [0.2, 0.25) is 0 Å². The molecular weight excluding hydrogens is 217 g/mol. The summed E-state index contributed by atoms with van der Waals surface area (Å²) in [5.74, 6) is 0. The van der Waals surface area contributed by atoms with E-state index in [0.717, 1.165) is 0 Å². The summed E-state index contributed by atoms with van der Waals surface area (Å²) in [7, 11) is 0. The highest BCUT2D eigenvalue weighted by Gasteiger charge is 2.52. The van der Waals surface area contributed by atoms with Crippen LogP contribution >= 0.6 is 0 Å².